The lowest BCUT2D eigenvalue weighted by atomic mass is 9.81. The van der Waals surface area contributed by atoms with Gasteiger partial charge in [-0.05, 0) is 40.5 Å². The van der Waals surface area contributed by atoms with E-state index in [1.54, 1.807) is 12.4 Å². The zero-order chi connectivity index (χ0) is 20.5. The Labute approximate surface area is 165 Å². The van der Waals surface area contributed by atoms with Gasteiger partial charge >= 0.3 is 13.1 Å². The van der Waals surface area contributed by atoms with Gasteiger partial charge in [0, 0.05) is 24.4 Å². The lowest BCUT2D eigenvalue weighted by Crippen LogP contribution is -2.49. The van der Waals surface area contributed by atoms with Crippen LogP contribution in [0, 0.1) is 0 Å². The maximum Gasteiger partial charge on any atom is 0.498 e. The minimum absolute atomic E-state index is 0.210. The first-order valence-electron chi connectivity index (χ1n) is 9.55. The largest absolute Gasteiger partial charge is 0.498 e. The molecule has 1 aromatic heterocycles. The molecule has 0 spiro atoms. The predicted molar refractivity (Wildman–Crippen MR) is 101 cm³/mol. The lowest BCUT2D eigenvalue weighted by molar-refractivity contribution is -0.144. The number of aliphatic hydroxyl groups excluding tert-OH is 2. The molecule has 2 N–H and O–H groups in total. The van der Waals surface area contributed by atoms with Crippen molar-refractivity contribution in [1.82, 2.24) is 14.9 Å². The number of carbonyl (C=O) groups excluding carboxylic acids is 1. The number of amides is 1. The van der Waals surface area contributed by atoms with Crippen molar-refractivity contribution in [2.75, 3.05) is 19.7 Å². The maximum atomic E-state index is 12.0. The fourth-order valence-corrected chi connectivity index (χ4v) is 3.16. The van der Waals surface area contributed by atoms with Crippen LogP contribution in [-0.2, 0) is 14.1 Å². The van der Waals surface area contributed by atoms with Crippen molar-refractivity contribution in [3.63, 3.8) is 0 Å². The van der Waals surface area contributed by atoms with Gasteiger partial charge in [0.2, 0.25) is 0 Å². The maximum absolute atomic E-state index is 12.0. The van der Waals surface area contributed by atoms with Crippen LogP contribution in [0.15, 0.2) is 12.4 Å². The summed E-state index contributed by atoms with van der Waals surface area (Å²) in [6, 6.07) is 0.210. The molecule has 1 aromatic rings. The van der Waals surface area contributed by atoms with Gasteiger partial charge in [0.25, 0.3) is 5.91 Å². The molecule has 9 nitrogen and oxygen atoms in total. The highest BCUT2D eigenvalue weighted by Crippen LogP contribution is 2.36. The Morgan fingerprint density at radius 1 is 1.32 bits per heavy atom. The second-order valence-corrected chi connectivity index (χ2v) is 8.25. The summed E-state index contributed by atoms with van der Waals surface area (Å²) in [4.78, 5) is 22.0. The van der Waals surface area contributed by atoms with E-state index >= 15 is 0 Å². The topological polar surface area (TPSA) is 114 Å². The molecule has 2 atom stereocenters. The number of hydrogen-bond acceptors (Lipinski definition) is 8. The van der Waals surface area contributed by atoms with Gasteiger partial charge in [-0.2, -0.15) is 0 Å². The molecule has 3 rings (SSSR count). The number of nitrogens with zero attached hydrogens (tertiary/aromatic N) is 3. The van der Waals surface area contributed by atoms with Crippen molar-refractivity contribution < 1.29 is 29.1 Å². The van der Waals surface area contributed by atoms with Crippen molar-refractivity contribution in [2.45, 2.75) is 63.9 Å². The van der Waals surface area contributed by atoms with Gasteiger partial charge in [0.05, 0.1) is 24.4 Å². The number of aromatic nitrogens is 2. The van der Waals surface area contributed by atoms with Crippen molar-refractivity contribution in [2.24, 2.45) is 0 Å². The first-order chi connectivity index (χ1) is 13.1. The van der Waals surface area contributed by atoms with E-state index in [9.17, 15) is 9.90 Å². The fourth-order valence-electron chi connectivity index (χ4n) is 3.16. The zero-order valence-electron chi connectivity index (χ0n) is 16.8. The zero-order valence-corrected chi connectivity index (χ0v) is 16.8. The molecular weight excluding hydrogens is 365 g/mol. The molecule has 0 unspecified atom stereocenters. The van der Waals surface area contributed by atoms with E-state index in [1.807, 2.05) is 27.7 Å². The van der Waals surface area contributed by atoms with Crippen LogP contribution >= 0.6 is 0 Å². The van der Waals surface area contributed by atoms with Crippen molar-refractivity contribution in [3.8, 4) is 6.01 Å². The average molecular weight is 393 g/mol. The molecule has 154 valence electrons. The van der Waals surface area contributed by atoms with Crippen LogP contribution in [0.2, 0.25) is 0 Å². The van der Waals surface area contributed by atoms with Gasteiger partial charge in [-0.1, -0.05) is 0 Å². The Balaban J connectivity index is 1.60. The van der Waals surface area contributed by atoms with Crippen molar-refractivity contribution >= 4 is 18.5 Å². The van der Waals surface area contributed by atoms with E-state index in [-0.39, 0.29) is 12.1 Å². The number of piperidine rings is 1. The van der Waals surface area contributed by atoms with Crippen LogP contribution in [0.1, 0.15) is 40.5 Å². The van der Waals surface area contributed by atoms with E-state index in [0.717, 1.165) is 12.8 Å². The molecule has 1 amide bonds. The number of hydrogen-bond donors (Lipinski definition) is 2. The number of ether oxygens (including phenoxy) is 1. The van der Waals surface area contributed by atoms with E-state index in [1.165, 1.54) is 4.90 Å². The average Bonchev–Trinajstić information content (AvgIpc) is 2.88. The number of carbonyl (C=O) groups is 1. The molecule has 0 aliphatic carbocycles. The third-order valence-electron chi connectivity index (χ3n) is 5.59. The summed E-state index contributed by atoms with van der Waals surface area (Å²) in [6.45, 7) is 8.18. The van der Waals surface area contributed by atoms with Gasteiger partial charge in [0.15, 0.2) is 6.10 Å². The summed E-state index contributed by atoms with van der Waals surface area (Å²) in [5, 5.41) is 18.5. The first kappa shape index (κ1) is 21.0. The summed E-state index contributed by atoms with van der Waals surface area (Å²) in [6.07, 6.45) is 3.06. The van der Waals surface area contributed by atoms with Crippen molar-refractivity contribution in [3.05, 3.63) is 12.4 Å². The van der Waals surface area contributed by atoms with E-state index in [0.29, 0.717) is 18.6 Å². The molecule has 0 aromatic carbocycles. The Bertz CT molecular complexity index is 683. The Hall–Kier alpha value is -1.75. The minimum atomic E-state index is -1.39. The highest BCUT2D eigenvalue weighted by atomic mass is 16.7. The molecule has 10 heteroatoms. The predicted octanol–water partition coefficient (Wildman–Crippen LogP) is -0.501. The first-order valence-corrected chi connectivity index (χ1v) is 9.55. The molecular formula is C18H28BN3O6. The number of likely N-dealkylation sites (tertiary alicyclic amines) is 1. The Morgan fingerprint density at radius 2 is 1.93 bits per heavy atom. The molecule has 0 bridgehead atoms. The second-order valence-electron chi connectivity index (χ2n) is 8.25. The molecule has 0 saturated carbocycles. The third-order valence-corrected chi connectivity index (χ3v) is 5.59. The van der Waals surface area contributed by atoms with E-state index < -0.39 is 36.9 Å². The second kappa shape index (κ2) is 7.94. The van der Waals surface area contributed by atoms with Gasteiger partial charge in [0.1, 0.15) is 6.10 Å². The summed E-state index contributed by atoms with van der Waals surface area (Å²) in [7, 11) is -0.540. The van der Waals surface area contributed by atoms with Crippen LogP contribution in [0.5, 0.6) is 6.01 Å². The Morgan fingerprint density at radius 3 is 2.50 bits per heavy atom. The van der Waals surface area contributed by atoms with E-state index in [4.69, 9.17) is 19.2 Å². The van der Waals surface area contributed by atoms with Crippen LogP contribution in [0.3, 0.4) is 0 Å². The molecule has 2 fully saturated rings. The van der Waals surface area contributed by atoms with Gasteiger partial charge in [-0.3, -0.25) is 4.79 Å². The van der Waals surface area contributed by atoms with Crippen LogP contribution < -0.4 is 10.2 Å². The quantitative estimate of drug-likeness (QED) is 0.644. The molecule has 0 radical (unpaired) electrons. The normalized spacial score (nSPS) is 24.9. The highest BCUT2D eigenvalue weighted by Gasteiger charge is 2.52. The summed E-state index contributed by atoms with van der Waals surface area (Å²) in [5.74, 6) is -0.493. The third kappa shape index (κ3) is 4.30. The van der Waals surface area contributed by atoms with Crippen LogP contribution in [0.25, 0.3) is 0 Å². The van der Waals surface area contributed by atoms with Gasteiger partial charge in [-0.25, -0.2) is 9.97 Å². The lowest BCUT2D eigenvalue weighted by Gasteiger charge is -2.33. The smallest absolute Gasteiger partial charge is 0.458 e. The van der Waals surface area contributed by atoms with Gasteiger partial charge in [-0.15, -0.1) is 0 Å². The highest BCUT2D eigenvalue weighted by molar-refractivity contribution is 6.61. The van der Waals surface area contributed by atoms with Crippen LogP contribution in [-0.4, -0.2) is 81.2 Å². The summed E-state index contributed by atoms with van der Waals surface area (Å²) < 4.78 is 17.8. The number of rotatable bonds is 5. The van der Waals surface area contributed by atoms with Crippen LogP contribution in [0.4, 0.5) is 0 Å². The monoisotopic (exact) mass is 393 g/mol. The standard InChI is InChI=1S/C18H28BN3O6/c1-17(2)18(3,4)28-19(27-17)12-8-20-16(21-9-12)26-13-6-5-7-22(10-13)15(25)14(24)11-23/h8-9,13-14,23-24H,5-7,10-11H2,1-4H3/t13-,14-/m1/s1. The Kier molecular flexibility index (Phi) is 5.95. The van der Waals surface area contributed by atoms with Crippen molar-refractivity contribution in [1.29, 1.82) is 0 Å². The SMILES string of the molecule is CC1(C)OB(c2cnc(O[C@@H]3CCCN(C(=O)[C@H](O)CO)C3)nc2)OC1(C)C. The molecule has 2 saturated heterocycles. The molecule has 3 heterocycles. The molecule has 2 aliphatic rings. The fraction of sp³-hybridized carbons (Fsp3) is 0.722. The van der Waals surface area contributed by atoms with Gasteiger partial charge < -0.3 is 29.2 Å². The summed E-state index contributed by atoms with van der Waals surface area (Å²) in [5.41, 5.74) is -0.175. The molecule has 28 heavy (non-hydrogen) atoms. The molecule has 2 aliphatic heterocycles. The minimum Gasteiger partial charge on any atom is -0.458 e. The summed E-state index contributed by atoms with van der Waals surface area (Å²) >= 11 is 0. The number of aliphatic hydroxyl groups is 2. The van der Waals surface area contributed by atoms with E-state index in [2.05, 4.69) is 9.97 Å².